The summed E-state index contributed by atoms with van der Waals surface area (Å²) in [6, 6.07) is 7.77. The maximum absolute atomic E-state index is 12.1. The number of likely N-dealkylation sites (tertiary alicyclic amines) is 1. The van der Waals surface area contributed by atoms with E-state index >= 15 is 0 Å². The fraction of sp³-hybridized carbons (Fsp3) is 0.333. The van der Waals surface area contributed by atoms with Crippen LogP contribution in [0.4, 0.5) is 0 Å². The summed E-state index contributed by atoms with van der Waals surface area (Å²) in [5.41, 5.74) is 2.07. The molecule has 2 aromatic rings. The smallest absolute Gasteiger partial charge is 0.254 e. The summed E-state index contributed by atoms with van der Waals surface area (Å²) in [6.45, 7) is 2.58. The minimum atomic E-state index is -0.127. The van der Waals surface area contributed by atoms with Crippen molar-refractivity contribution in [3.8, 4) is 6.07 Å². The van der Waals surface area contributed by atoms with E-state index in [0.29, 0.717) is 16.1 Å². The summed E-state index contributed by atoms with van der Waals surface area (Å²) in [6.07, 6.45) is 6.23. The largest absolute Gasteiger partial charge is 0.349 e. The van der Waals surface area contributed by atoms with Crippen LogP contribution in [0.1, 0.15) is 34.3 Å². The first kappa shape index (κ1) is 17.3. The molecule has 0 radical (unpaired) electrons. The predicted molar refractivity (Wildman–Crippen MR) is 94.0 cm³/mol. The number of nitriles is 1. The van der Waals surface area contributed by atoms with Gasteiger partial charge in [-0.3, -0.25) is 9.69 Å². The molecule has 1 saturated heterocycles. The molecule has 1 N–H and O–H groups in total. The Morgan fingerprint density at radius 3 is 2.68 bits per heavy atom. The number of benzene rings is 1. The topological polar surface area (TPSA) is 81.9 Å². The van der Waals surface area contributed by atoms with Gasteiger partial charge in [0, 0.05) is 38.1 Å². The molecule has 1 fully saturated rings. The van der Waals surface area contributed by atoms with E-state index in [4.69, 9.17) is 16.9 Å². The number of nitrogens with one attached hydrogen (secondary N) is 1. The third-order valence-electron chi connectivity index (χ3n) is 4.31. The first-order valence-electron chi connectivity index (χ1n) is 8.12. The summed E-state index contributed by atoms with van der Waals surface area (Å²) >= 11 is 6.09. The average molecular weight is 356 g/mol. The van der Waals surface area contributed by atoms with Gasteiger partial charge in [-0.15, -0.1) is 0 Å². The molecule has 1 aliphatic rings. The molecule has 0 bridgehead atoms. The summed E-state index contributed by atoms with van der Waals surface area (Å²) in [7, 11) is 0. The normalized spacial score (nSPS) is 15.5. The molecule has 3 rings (SSSR count). The highest BCUT2D eigenvalue weighted by Gasteiger charge is 2.21. The first-order valence-corrected chi connectivity index (χ1v) is 8.50. The number of aromatic nitrogens is 2. The molecule has 2 heterocycles. The van der Waals surface area contributed by atoms with Crippen LogP contribution in [0, 0.1) is 11.3 Å². The van der Waals surface area contributed by atoms with Gasteiger partial charge >= 0.3 is 0 Å². The number of piperidine rings is 1. The van der Waals surface area contributed by atoms with E-state index in [-0.39, 0.29) is 11.9 Å². The van der Waals surface area contributed by atoms with E-state index in [1.165, 1.54) is 18.7 Å². The molecule has 0 unspecified atom stereocenters. The van der Waals surface area contributed by atoms with E-state index in [0.717, 1.165) is 38.0 Å². The molecule has 1 aliphatic heterocycles. The molecule has 7 heteroatoms. The average Bonchev–Trinajstić information content (AvgIpc) is 2.64. The zero-order valence-corrected chi connectivity index (χ0v) is 14.4. The van der Waals surface area contributed by atoms with Crippen molar-refractivity contribution in [2.75, 3.05) is 13.1 Å². The Labute approximate surface area is 151 Å². The van der Waals surface area contributed by atoms with Crippen LogP contribution in [-0.4, -0.2) is 39.9 Å². The van der Waals surface area contributed by atoms with Crippen LogP contribution in [0.15, 0.2) is 36.9 Å². The molecule has 0 aliphatic carbocycles. The highest BCUT2D eigenvalue weighted by Crippen LogP contribution is 2.20. The second-order valence-electron chi connectivity index (χ2n) is 6.08. The number of rotatable bonds is 4. The number of carbonyl (C=O) groups is 1. The lowest BCUT2D eigenvalue weighted by Crippen LogP contribution is -2.44. The van der Waals surface area contributed by atoms with Gasteiger partial charge in [-0.2, -0.15) is 5.26 Å². The van der Waals surface area contributed by atoms with Crippen LogP contribution in [-0.2, 0) is 6.54 Å². The van der Waals surface area contributed by atoms with Crippen molar-refractivity contribution in [1.82, 2.24) is 20.2 Å². The van der Waals surface area contributed by atoms with Crippen molar-refractivity contribution >= 4 is 17.5 Å². The van der Waals surface area contributed by atoms with Crippen LogP contribution in [0.5, 0.6) is 0 Å². The van der Waals surface area contributed by atoms with Crippen molar-refractivity contribution < 1.29 is 4.79 Å². The molecule has 1 aromatic heterocycles. The van der Waals surface area contributed by atoms with Crippen LogP contribution in [0.25, 0.3) is 0 Å². The van der Waals surface area contributed by atoms with Crippen molar-refractivity contribution in [3.63, 3.8) is 0 Å². The lowest BCUT2D eigenvalue weighted by Gasteiger charge is -2.32. The quantitative estimate of drug-likeness (QED) is 0.910. The lowest BCUT2D eigenvalue weighted by molar-refractivity contribution is 0.0908. The third kappa shape index (κ3) is 4.53. The van der Waals surface area contributed by atoms with Gasteiger partial charge in [0.05, 0.1) is 16.1 Å². The molecule has 1 aromatic carbocycles. The Hall–Kier alpha value is -2.49. The summed E-state index contributed by atoms with van der Waals surface area (Å²) in [4.78, 5) is 22.2. The number of amides is 1. The zero-order chi connectivity index (χ0) is 17.6. The molecule has 0 spiro atoms. The Kier molecular flexibility index (Phi) is 5.59. The summed E-state index contributed by atoms with van der Waals surface area (Å²) in [5.74, 6) is -0.127. The van der Waals surface area contributed by atoms with E-state index < -0.39 is 0 Å². The SMILES string of the molecule is N#Cc1ccc(CN2CCC(NC(=O)c3cncnc3)CC2)cc1Cl. The van der Waals surface area contributed by atoms with E-state index in [1.54, 1.807) is 6.07 Å². The second kappa shape index (κ2) is 8.06. The fourth-order valence-electron chi connectivity index (χ4n) is 2.93. The highest BCUT2D eigenvalue weighted by atomic mass is 35.5. The zero-order valence-electron chi connectivity index (χ0n) is 13.7. The van der Waals surface area contributed by atoms with Gasteiger partial charge in [0.25, 0.3) is 5.91 Å². The standard InChI is InChI=1S/C18H18ClN5O/c19-17-7-13(1-2-14(17)8-20)11-24-5-3-16(4-6-24)23-18(25)15-9-21-12-22-10-15/h1-2,7,9-10,12,16H,3-6,11H2,(H,23,25). The van der Waals surface area contributed by atoms with Crippen LogP contribution in [0.2, 0.25) is 5.02 Å². The Morgan fingerprint density at radius 2 is 2.04 bits per heavy atom. The van der Waals surface area contributed by atoms with Gasteiger partial charge in [-0.1, -0.05) is 17.7 Å². The molecule has 6 nitrogen and oxygen atoms in total. The predicted octanol–water partition coefficient (Wildman–Crippen LogP) is 2.40. The maximum Gasteiger partial charge on any atom is 0.254 e. The second-order valence-corrected chi connectivity index (χ2v) is 6.48. The Bertz CT molecular complexity index is 782. The number of carbonyl (C=O) groups excluding carboxylic acids is 1. The van der Waals surface area contributed by atoms with E-state index in [1.807, 2.05) is 12.1 Å². The minimum absolute atomic E-state index is 0.127. The lowest BCUT2D eigenvalue weighted by atomic mass is 10.0. The molecule has 1 amide bonds. The van der Waals surface area contributed by atoms with Crippen molar-refractivity contribution in [3.05, 3.63) is 58.6 Å². The maximum atomic E-state index is 12.1. The molecular weight excluding hydrogens is 338 g/mol. The van der Waals surface area contributed by atoms with Gasteiger partial charge in [-0.05, 0) is 30.5 Å². The van der Waals surface area contributed by atoms with Crippen molar-refractivity contribution in [2.45, 2.75) is 25.4 Å². The molecule has 0 atom stereocenters. The van der Waals surface area contributed by atoms with Crippen LogP contribution >= 0.6 is 11.6 Å². The highest BCUT2D eigenvalue weighted by molar-refractivity contribution is 6.31. The summed E-state index contributed by atoms with van der Waals surface area (Å²) < 4.78 is 0. The van der Waals surface area contributed by atoms with E-state index in [2.05, 4.69) is 26.3 Å². The Balaban J connectivity index is 1.50. The van der Waals surface area contributed by atoms with Gasteiger partial charge < -0.3 is 5.32 Å². The van der Waals surface area contributed by atoms with E-state index in [9.17, 15) is 4.79 Å². The monoisotopic (exact) mass is 355 g/mol. The number of hydrogen-bond acceptors (Lipinski definition) is 5. The third-order valence-corrected chi connectivity index (χ3v) is 4.62. The molecule has 25 heavy (non-hydrogen) atoms. The molecule has 0 saturated carbocycles. The van der Waals surface area contributed by atoms with Gasteiger partial charge in [0.1, 0.15) is 12.4 Å². The molecule has 128 valence electrons. The van der Waals surface area contributed by atoms with Crippen LogP contribution < -0.4 is 5.32 Å². The number of hydrogen-bond donors (Lipinski definition) is 1. The number of nitrogens with zero attached hydrogens (tertiary/aromatic N) is 4. The Morgan fingerprint density at radius 1 is 1.32 bits per heavy atom. The molecular formula is C18H18ClN5O. The van der Waals surface area contributed by atoms with Crippen LogP contribution in [0.3, 0.4) is 0 Å². The van der Waals surface area contributed by atoms with Gasteiger partial charge in [-0.25, -0.2) is 9.97 Å². The van der Waals surface area contributed by atoms with Gasteiger partial charge in [0.15, 0.2) is 0 Å². The van der Waals surface area contributed by atoms with Gasteiger partial charge in [0.2, 0.25) is 0 Å². The fourth-order valence-corrected chi connectivity index (χ4v) is 3.17. The van der Waals surface area contributed by atoms with Crippen molar-refractivity contribution in [1.29, 1.82) is 5.26 Å². The summed E-state index contributed by atoms with van der Waals surface area (Å²) in [5, 5.41) is 12.5. The van der Waals surface area contributed by atoms with Crippen molar-refractivity contribution in [2.24, 2.45) is 0 Å². The number of halogens is 1. The minimum Gasteiger partial charge on any atom is -0.349 e. The first-order chi connectivity index (χ1) is 12.2.